The maximum Gasteiger partial charge on any atom is 0.250 e. The van der Waals surface area contributed by atoms with E-state index in [-0.39, 0.29) is 25.0 Å². The summed E-state index contributed by atoms with van der Waals surface area (Å²) in [5, 5.41) is 15.5. The lowest BCUT2D eigenvalue weighted by Gasteiger charge is -2.33. The Kier molecular flexibility index (Phi) is 6.79. The van der Waals surface area contributed by atoms with E-state index in [9.17, 15) is 19.5 Å². The molecule has 0 aliphatic carbocycles. The van der Waals surface area contributed by atoms with Crippen molar-refractivity contribution in [3.05, 3.63) is 48.5 Å². The van der Waals surface area contributed by atoms with Gasteiger partial charge in [-0.3, -0.25) is 14.4 Å². The van der Waals surface area contributed by atoms with Crippen LogP contribution in [-0.4, -0.2) is 71.8 Å². The van der Waals surface area contributed by atoms with Gasteiger partial charge < -0.3 is 34.9 Å². The van der Waals surface area contributed by atoms with Crippen molar-refractivity contribution in [1.29, 1.82) is 0 Å². The van der Waals surface area contributed by atoms with Crippen LogP contribution in [0.2, 0.25) is 0 Å². The van der Waals surface area contributed by atoms with E-state index in [0.29, 0.717) is 42.3 Å². The number of carbonyl (C=O) groups is 3. The van der Waals surface area contributed by atoms with E-state index in [0.717, 1.165) is 0 Å². The fraction of sp³-hybridized carbons (Fsp3) is 0.464. The highest BCUT2D eigenvalue weighted by molar-refractivity contribution is 6.05. The van der Waals surface area contributed by atoms with E-state index < -0.39 is 35.0 Å². The first-order valence-electron chi connectivity index (χ1n) is 12.9. The first-order chi connectivity index (χ1) is 18.3. The Labute approximate surface area is 221 Å². The molecule has 3 fully saturated rings. The Hall–Kier alpha value is -3.63. The highest BCUT2D eigenvalue weighted by Crippen LogP contribution is 2.63. The van der Waals surface area contributed by atoms with Crippen LogP contribution >= 0.6 is 0 Å². The number of benzene rings is 2. The fourth-order valence-corrected chi connectivity index (χ4v) is 6.38. The molecule has 2 unspecified atom stereocenters. The number of ether oxygens (including phenoxy) is 3. The van der Waals surface area contributed by atoms with Gasteiger partial charge in [-0.15, -0.1) is 0 Å². The molecule has 202 valence electrons. The number of hydrogen-bond acceptors (Lipinski definition) is 7. The number of fused-ring (bicyclic) bond motifs is 1. The molecule has 3 aliphatic heterocycles. The number of hydrogen-bond donors (Lipinski definition) is 3. The highest BCUT2D eigenvalue weighted by atomic mass is 16.5. The number of amides is 3. The van der Waals surface area contributed by atoms with Crippen molar-refractivity contribution in [2.75, 3.05) is 37.5 Å². The number of aliphatic hydroxyl groups excluding tert-OH is 1. The Morgan fingerprint density at radius 3 is 2.21 bits per heavy atom. The van der Waals surface area contributed by atoms with E-state index in [1.807, 2.05) is 13.8 Å². The molecule has 2 aromatic rings. The third-order valence-corrected chi connectivity index (χ3v) is 7.94. The second-order valence-electron chi connectivity index (χ2n) is 10.1. The number of nitrogens with one attached hydrogen (secondary N) is 2. The van der Waals surface area contributed by atoms with Gasteiger partial charge in [-0.25, -0.2) is 0 Å². The molecule has 0 saturated carbocycles. The Morgan fingerprint density at radius 2 is 1.63 bits per heavy atom. The van der Waals surface area contributed by atoms with Gasteiger partial charge >= 0.3 is 0 Å². The van der Waals surface area contributed by atoms with Crippen molar-refractivity contribution in [2.45, 2.75) is 43.9 Å². The summed E-state index contributed by atoms with van der Waals surface area (Å²) in [4.78, 5) is 42.5. The maximum atomic E-state index is 13.8. The smallest absolute Gasteiger partial charge is 0.250 e. The van der Waals surface area contributed by atoms with Crippen LogP contribution in [0.25, 0.3) is 0 Å². The average molecular weight is 524 g/mol. The highest BCUT2D eigenvalue weighted by Gasteiger charge is 2.77. The number of likely N-dealkylation sites (tertiary alicyclic amines) is 1. The van der Waals surface area contributed by atoms with Gasteiger partial charge in [0.2, 0.25) is 17.7 Å². The SMILES string of the molecule is CCOc1ccc(NC(=O)[C@H]2[C@H]3C(=O)N(CCO)C(C(=O)Nc4ccc(OC)cc4)C34CC[C@]2(C)O4)cc1. The normalized spacial score (nSPS) is 29.2. The summed E-state index contributed by atoms with van der Waals surface area (Å²) in [6.45, 7) is 3.91. The van der Waals surface area contributed by atoms with Gasteiger partial charge in [0.05, 0.1) is 37.8 Å². The van der Waals surface area contributed by atoms with E-state index in [4.69, 9.17) is 14.2 Å². The van der Waals surface area contributed by atoms with Crippen LogP contribution in [0, 0.1) is 11.8 Å². The molecule has 2 bridgehead atoms. The first kappa shape index (κ1) is 26.0. The summed E-state index contributed by atoms with van der Waals surface area (Å²) >= 11 is 0. The molecule has 3 N–H and O–H groups in total. The van der Waals surface area contributed by atoms with Crippen LogP contribution in [0.1, 0.15) is 26.7 Å². The summed E-state index contributed by atoms with van der Waals surface area (Å²) in [5.41, 5.74) is -0.959. The third kappa shape index (κ3) is 4.17. The zero-order valence-corrected chi connectivity index (χ0v) is 21.7. The quantitative estimate of drug-likeness (QED) is 0.461. The van der Waals surface area contributed by atoms with E-state index in [1.165, 1.54) is 4.90 Å². The van der Waals surface area contributed by atoms with Crippen LogP contribution in [-0.2, 0) is 19.1 Å². The first-order valence-corrected chi connectivity index (χ1v) is 12.9. The molecule has 0 radical (unpaired) electrons. The lowest BCUT2D eigenvalue weighted by Crippen LogP contribution is -2.53. The van der Waals surface area contributed by atoms with Crippen LogP contribution < -0.4 is 20.1 Å². The molecule has 10 heteroatoms. The zero-order valence-electron chi connectivity index (χ0n) is 21.7. The van der Waals surface area contributed by atoms with Gasteiger partial charge in [0, 0.05) is 17.9 Å². The van der Waals surface area contributed by atoms with Crippen LogP contribution in [0.3, 0.4) is 0 Å². The predicted molar refractivity (Wildman–Crippen MR) is 139 cm³/mol. The van der Waals surface area contributed by atoms with Crippen molar-refractivity contribution in [1.82, 2.24) is 4.90 Å². The second kappa shape index (κ2) is 9.92. The third-order valence-electron chi connectivity index (χ3n) is 7.94. The number of methoxy groups -OCH3 is 1. The van der Waals surface area contributed by atoms with Crippen LogP contribution in [0.5, 0.6) is 11.5 Å². The van der Waals surface area contributed by atoms with E-state index in [1.54, 1.807) is 55.6 Å². The molecular weight excluding hydrogens is 490 g/mol. The second-order valence-corrected chi connectivity index (χ2v) is 10.1. The average Bonchev–Trinajstić information content (AvgIpc) is 3.47. The molecule has 3 heterocycles. The van der Waals surface area contributed by atoms with Crippen molar-refractivity contribution >= 4 is 29.1 Å². The Balaban J connectivity index is 1.42. The number of anilines is 2. The molecule has 5 rings (SSSR count). The Bertz CT molecular complexity index is 1220. The van der Waals surface area contributed by atoms with Crippen molar-refractivity contribution in [2.24, 2.45) is 11.8 Å². The molecule has 2 aromatic carbocycles. The fourth-order valence-electron chi connectivity index (χ4n) is 6.38. The summed E-state index contributed by atoms with van der Waals surface area (Å²) < 4.78 is 17.2. The predicted octanol–water partition coefficient (Wildman–Crippen LogP) is 2.43. The number of β-amino-alcohol motifs (C(OH)–C–C–N with tert-alkyl or cyclic N) is 1. The number of rotatable bonds is 9. The van der Waals surface area contributed by atoms with Gasteiger partial charge in [-0.05, 0) is 75.2 Å². The van der Waals surface area contributed by atoms with Gasteiger partial charge in [0.15, 0.2) is 0 Å². The molecular formula is C28H33N3O7. The van der Waals surface area contributed by atoms with Gasteiger partial charge in [0.1, 0.15) is 23.1 Å². The molecule has 38 heavy (non-hydrogen) atoms. The number of carbonyl (C=O) groups excluding carboxylic acids is 3. The number of nitrogens with zero attached hydrogens (tertiary/aromatic N) is 1. The van der Waals surface area contributed by atoms with Gasteiger partial charge in [0.25, 0.3) is 0 Å². The molecule has 3 amide bonds. The molecule has 0 aromatic heterocycles. The molecule has 10 nitrogen and oxygen atoms in total. The largest absolute Gasteiger partial charge is 0.497 e. The van der Waals surface area contributed by atoms with E-state index in [2.05, 4.69) is 10.6 Å². The standard InChI is InChI=1S/C28H33N3O7/c1-4-37-20-11-7-17(8-12-20)29-24(33)21-22-26(35)31(15-16-32)23(28(22)14-13-27(21,2)38-28)25(34)30-18-5-9-19(36-3)10-6-18/h5-12,21-23,32H,4,13-16H2,1-3H3,(H,29,33)(H,30,34)/t21-,22+,23?,27+,28?/m1/s1. The van der Waals surface area contributed by atoms with E-state index >= 15 is 0 Å². The zero-order chi connectivity index (χ0) is 27.1. The lowest BCUT2D eigenvalue weighted by molar-refractivity contribution is -0.143. The summed E-state index contributed by atoms with van der Waals surface area (Å²) in [5.74, 6) is -1.42. The lowest BCUT2D eigenvalue weighted by atomic mass is 9.66. The topological polar surface area (TPSA) is 126 Å². The summed E-state index contributed by atoms with van der Waals surface area (Å²) in [6, 6.07) is 12.9. The van der Waals surface area contributed by atoms with Gasteiger partial charge in [-0.2, -0.15) is 0 Å². The van der Waals surface area contributed by atoms with Crippen LogP contribution in [0.15, 0.2) is 48.5 Å². The maximum absolute atomic E-state index is 13.8. The molecule has 3 aliphatic rings. The van der Waals surface area contributed by atoms with Crippen molar-refractivity contribution < 1.29 is 33.7 Å². The molecule has 5 atom stereocenters. The minimum atomic E-state index is -1.17. The molecule has 3 saturated heterocycles. The van der Waals surface area contributed by atoms with Crippen molar-refractivity contribution in [3.8, 4) is 11.5 Å². The monoisotopic (exact) mass is 523 g/mol. The van der Waals surface area contributed by atoms with Crippen molar-refractivity contribution in [3.63, 3.8) is 0 Å². The van der Waals surface area contributed by atoms with Crippen LogP contribution in [0.4, 0.5) is 11.4 Å². The summed E-state index contributed by atoms with van der Waals surface area (Å²) in [7, 11) is 1.56. The minimum absolute atomic E-state index is 0.0366. The molecule has 1 spiro atoms. The number of aliphatic hydroxyl groups is 1. The summed E-state index contributed by atoms with van der Waals surface area (Å²) in [6.07, 6.45) is 0.979. The van der Waals surface area contributed by atoms with Gasteiger partial charge in [-0.1, -0.05) is 0 Å². The minimum Gasteiger partial charge on any atom is -0.497 e. The Morgan fingerprint density at radius 1 is 1.03 bits per heavy atom.